The fourth-order valence-corrected chi connectivity index (χ4v) is 2.30. The van der Waals surface area contributed by atoms with Gasteiger partial charge in [-0.15, -0.1) is 0 Å². The molecule has 0 fully saturated rings. The van der Waals surface area contributed by atoms with Crippen LogP contribution >= 0.6 is 15.9 Å². The van der Waals surface area contributed by atoms with Crippen LogP contribution in [0.2, 0.25) is 0 Å². The highest BCUT2D eigenvalue weighted by Gasteiger charge is 2.19. The molecule has 4 heteroatoms. The Bertz CT molecular complexity index is 447. The molecule has 0 radical (unpaired) electrons. The first-order valence-electron chi connectivity index (χ1n) is 6.23. The van der Waals surface area contributed by atoms with Gasteiger partial charge in [0.25, 0.3) is 0 Å². The maximum atomic E-state index is 13.6. The van der Waals surface area contributed by atoms with Gasteiger partial charge in [-0.25, -0.2) is 4.39 Å². The Morgan fingerprint density at radius 2 is 2.33 bits per heavy atom. The van der Waals surface area contributed by atoms with Gasteiger partial charge in [-0.2, -0.15) is 0 Å². The molecule has 1 aromatic rings. The van der Waals surface area contributed by atoms with E-state index in [1.54, 1.807) is 12.1 Å². The van der Waals surface area contributed by atoms with E-state index in [-0.39, 0.29) is 11.9 Å². The van der Waals surface area contributed by atoms with E-state index in [4.69, 9.17) is 4.74 Å². The third-order valence-corrected chi connectivity index (χ3v) is 3.58. The summed E-state index contributed by atoms with van der Waals surface area (Å²) in [5.41, 5.74) is 0.894. The van der Waals surface area contributed by atoms with Crippen LogP contribution in [0.5, 0.6) is 0 Å². The van der Waals surface area contributed by atoms with E-state index >= 15 is 0 Å². The summed E-state index contributed by atoms with van der Waals surface area (Å²) in [6.45, 7) is 3.58. The number of halogens is 2. The Morgan fingerprint density at radius 1 is 1.50 bits per heavy atom. The second-order valence-electron chi connectivity index (χ2n) is 4.26. The molecule has 0 aliphatic carbocycles. The summed E-state index contributed by atoms with van der Waals surface area (Å²) in [6.07, 6.45) is 4.17. The molecule has 0 saturated heterocycles. The molecule has 1 N–H and O–H groups in total. The van der Waals surface area contributed by atoms with Crippen LogP contribution in [0, 0.1) is 5.82 Å². The molecule has 1 aromatic carbocycles. The molecule has 1 unspecified atom stereocenters. The van der Waals surface area contributed by atoms with Crippen molar-refractivity contribution in [3.63, 3.8) is 0 Å². The van der Waals surface area contributed by atoms with Crippen LogP contribution in [0.1, 0.15) is 31.4 Å². The number of allylic oxidation sites excluding steroid dienone is 1. The zero-order valence-electron chi connectivity index (χ0n) is 10.4. The molecule has 0 aromatic heterocycles. The number of ether oxygens (including phenoxy) is 1. The molecule has 1 aliphatic heterocycles. The molecule has 0 saturated carbocycles. The molecule has 1 atom stereocenters. The van der Waals surface area contributed by atoms with E-state index in [1.165, 1.54) is 0 Å². The Labute approximate surface area is 115 Å². The van der Waals surface area contributed by atoms with Gasteiger partial charge in [0, 0.05) is 0 Å². The lowest BCUT2D eigenvalue weighted by Gasteiger charge is -2.25. The summed E-state index contributed by atoms with van der Waals surface area (Å²) in [6, 6.07) is 5.14. The quantitative estimate of drug-likeness (QED) is 0.909. The SMILES string of the molecule is CCNC(C1=CCCCO1)c1ccc(Br)c(F)c1. The van der Waals surface area contributed by atoms with Crippen molar-refractivity contribution in [3.05, 3.63) is 45.9 Å². The zero-order valence-corrected chi connectivity index (χ0v) is 12.0. The van der Waals surface area contributed by atoms with Crippen LogP contribution in [0.3, 0.4) is 0 Å². The highest BCUT2D eigenvalue weighted by atomic mass is 79.9. The van der Waals surface area contributed by atoms with E-state index in [0.29, 0.717) is 4.47 Å². The van der Waals surface area contributed by atoms with Crippen molar-refractivity contribution in [1.29, 1.82) is 0 Å². The lowest BCUT2D eigenvalue weighted by atomic mass is 10.0. The Hall–Kier alpha value is -0.870. The number of benzene rings is 1. The van der Waals surface area contributed by atoms with Crippen molar-refractivity contribution in [1.82, 2.24) is 5.32 Å². The molecular weight excluding hydrogens is 297 g/mol. The van der Waals surface area contributed by atoms with E-state index < -0.39 is 0 Å². The zero-order chi connectivity index (χ0) is 13.0. The largest absolute Gasteiger partial charge is 0.496 e. The molecule has 2 nitrogen and oxygen atoms in total. The maximum absolute atomic E-state index is 13.6. The van der Waals surface area contributed by atoms with Crippen molar-refractivity contribution in [2.75, 3.05) is 13.2 Å². The van der Waals surface area contributed by atoms with E-state index in [0.717, 1.165) is 37.3 Å². The fraction of sp³-hybridized carbons (Fsp3) is 0.429. The Kier molecular flexibility index (Phi) is 4.78. The summed E-state index contributed by atoms with van der Waals surface area (Å²) in [5.74, 6) is 0.664. The lowest BCUT2D eigenvalue weighted by Crippen LogP contribution is -2.25. The van der Waals surface area contributed by atoms with Crippen LogP contribution in [-0.2, 0) is 4.74 Å². The minimum Gasteiger partial charge on any atom is -0.496 e. The highest BCUT2D eigenvalue weighted by molar-refractivity contribution is 9.10. The second kappa shape index (κ2) is 6.34. The fourth-order valence-electron chi connectivity index (χ4n) is 2.06. The Balaban J connectivity index is 2.28. The average molecular weight is 314 g/mol. The summed E-state index contributed by atoms with van der Waals surface area (Å²) < 4.78 is 19.8. The predicted molar refractivity (Wildman–Crippen MR) is 73.8 cm³/mol. The summed E-state index contributed by atoms with van der Waals surface area (Å²) in [4.78, 5) is 0. The number of nitrogens with one attached hydrogen (secondary N) is 1. The number of hydrogen-bond donors (Lipinski definition) is 1. The summed E-state index contributed by atoms with van der Waals surface area (Å²) in [7, 11) is 0. The minimum absolute atomic E-state index is 0.0575. The van der Waals surface area contributed by atoms with Crippen molar-refractivity contribution >= 4 is 15.9 Å². The van der Waals surface area contributed by atoms with Crippen molar-refractivity contribution in [2.24, 2.45) is 0 Å². The number of rotatable bonds is 4. The molecule has 2 rings (SSSR count). The molecule has 1 heterocycles. The van der Waals surface area contributed by atoms with Gasteiger partial charge >= 0.3 is 0 Å². The monoisotopic (exact) mass is 313 g/mol. The first-order valence-corrected chi connectivity index (χ1v) is 7.03. The Morgan fingerprint density at radius 3 is 2.94 bits per heavy atom. The highest BCUT2D eigenvalue weighted by Crippen LogP contribution is 2.28. The van der Waals surface area contributed by atoms with Gasteiger partial charge in [-0.3, -0.25) is 0 Å². The van der Waals surface area contributed by atoms with Gasteiger partial charge < -0.3 is 10.1 Å². The molecular formula is C14H17BrFNO. The molecule has 1 aliphatic rings. The molecule has 0 bridgehead atoms. The molecule has 0 amide bonds. The van der Waals surface area contributed by atoms with Crippen molar-refractivity contribution in [3.8, 4) is 0 Å². The smallest absolute Gasteiger partial charge is 0.137 e. The third-order valence-electron chi connectivity index (χ3n) is 2.93. The average Bonchev–Trinajstić information content (AvgIpc) is 2.40. The van der Waals surface area contributed by atoms with Crippen LogP contribution < -0.4 is 5.32 Å². The molecule has 98 valence electrons. The van der Waals surface area contributed by atoms with Gasteiger partial charge in [0.15, 0.2) is 0 Å². The van der Waals surface area contributed by atoms with Gasteiger partial charge in [0.05, 0.1) is 17.1 Å². The predicted octanol–water partition coefficient (Wildman–Crippen LogP) is 3.93. The summed E-state index contributed by atoms with van der Waals surface area (Å²) >= 11 is 3.17. The normalized spacial score (nSPS) is 16.9. The summed E-state index contributed by atoms with van der Waals surface area (Å²) in [5, 5.41) is 3.34. The number of hydrogen-bond acceptors (Lipinski definition) is 2. The maximum Gasteiger partial charge on any atom is 0.137 e. The van der Waals surface area contributed by atoms with Crippen LogP contribution in [-0.4, -0.2) is 13.2 Å². The van der Waals surface area contributed by atoms with E-state index in [2.05, 4.69) is 27.3 Å². The standard InChI is InChI=1S/C14H17BrFNO/c1-2-17-14(13-5-3-4-8-18-13)10-6-7-11(15)12(16)9-10/h5-7,9,14,17H,2-4,8H2,1H3. The van der Waals surface area contributed by atoms with Crippen molar-refractivity contribution < 1.29 is 9.13 Å². The van der Waals surface area contributed by atoms with Gasteiger partial charge in [0.1, 0.15) is 11.6 Å². The van der Waals surface area contributed by atoms with Crippen LogP contribution in [0.25, 0.3) is 0 Å². The van der Waals surface area contributed by atoms with Crippen LogP contribution in [0.4, 0.5) is 4.39 Å². The van der Waals surface area contributed by atoms with Crippen molar-refractivity contribution in [2.45, 2.75) is 25.8 Å². The molecule has 0 spiro atoms. The van der Waals surface area contributed by atoms with Gasteiger partial charge in [0.2, 0.25) is 0 Å². The van der Waals surface area contributed by atoms with Crippen LogP contribution in [0.15, 0.2) is 34.5 Å². The number of likely N-dealkylation sites (N-methyl/N-ethyl adjacent to an activating group) is 1. The second-order valence-corrected chi connectivity index (χ2v) is 5.12. The molecule has 18 heavy (non-hydrogen) atoms. The first kappa shape index (κ1) is 13.6. The van der Waals surface area contributed by atoms with Gasteiger partial charge in [-0.1, -0.05) is 13.0 Å². The minimum atomic E-state index is -0.244. The van der Waals surface area contributed by atoms with E-state index in [9.17, 15) is 4.39 Å². The van der Waals surface area contributed by atoms with Gasteiger partial charge in [-0.05, 0) is 59.1 Å². The topological polar surface area (TPSA) is 21.3 Å². The first-order chi connectivity index (χ1) is 8.72. The third kappa shape index (κ3) is 3.12. The lowest BCUT2D eigenvalue weighted by molar-refractivity contribution is 0.168. The van der Waals surface area contributed by atoms with E-state index in [1.807, 2.05) is 13.0 Å².